The maximum Gasteiger partial charge on any atom is 0.343 e. The summed E-state index contributed by atoms with van der Waals surface area (Å²) in [5.41, 5.74) is 0.497. The number of benzene rings is 2. The Kier molecular flexibility index (Phi) is 13.5. The van der Waals surface area contributed by atoms with Crippen LogP contribution in [0.15, 0.2) is 61.2 Å². The molecule has 0 aliphatic heterocycles. The Labute approximate surface area is 200 Å². The molecule has 0 bridgehead atoms. The van der Waals surface area contributed by atoms with Crippen LogP contribution in [0.2, 0.25) is 0 Å². The summed E-state index contributed by atoms with van der Waals surface area (Å²) in [5.74, 6) is 1.69. The van der Waals surface area contributed by atoms with Crippen LogP contribution in [0.25, 0.3) is 0 Å². The second kappa shape index (κ2) is 16.8. The second-order valence-corrected chi connectivity index (χ2v) is 8.34. The van der Waals surface area contributed by atoms with Crippen LogP contribution < -0.4 is 14.2 Å². The maximum absolute atomic E-state index is 12.4. The zero-order valence-electron chi connectivity index (χ0n) is 20.2. The van der Waals surface area contributed by atoms with E-state index in [4.69, 9.17) is 14.2 Å². The molecule has 0 atom stereocenters. The molecule has 0 amide bonds. The lowest BCUT2D eigenvalue weighted by Crippen LogP contribution is -2.08. The van der Waals surface area contributed by atoms with Gasteiger partial charge in [-0.05, 0) is 74.2 Å². The smallest absolute Gasteiger partial charge is 0.343 e. The minimum atomic E-state index is -0.384. The van der Waals surface area contributed by atoms with Crippen molar-refractivity contribution in [1.29, 1.82) is 0 Å². The first-order valence-corrected chi connectivity index (χ1v) is 12.5. The number of hydrogen-bond donors (Lipinski definition) is 0. The average molecular weight is 453 g/mol. The molecule has 0 N–H and O–H groups in total. The molecule has 2 aromatic carbocycles. The molecule has 0 aliphatic carbocycles. The molecule has 0 heterocycles. The van der Waals surface area contributed by atoms with E-state index in [9.17, 15) is 4.79 Å². The Bertz CT molecular complexity index is 780. The van der Waals surface area contributed by atoms with Crippen LogP contribution in [0.1, 0.15) is 87.9 Å². The molecule has 0 spiro atoms. The third-order valence-corrected chi connectivity index (χ3v) is 5.46. The SMILES string of the molecule is C=CCCCCCCCOc1ccc(C(=O)Oc2ccc(OCCCCCCC)cc2)cc1. The molecule has 0 unspecified atom stereocenters. The van der Waals surface area contributed by atoms with Gasteiger partial charge in [0.1, 0.15) is 17.2 Å². The molecule has 2 rings (SSSR count). The fourth-order valence-corrected chi connectivity index (χ4v) is 3.46. The molecule has 4 heteroatoms. The molecule has 33 heavy (non-hydrogen) atoms. The average Bonchev–Trinajstić information content (AvgIpc) is 2.84. The summed E-state index contributed by atoms with van der Waals surface area (Å²) < 4.78 is 17.0. The van der Waals surface area contributed by atoms with Gasteiger partial charge >= 0.3 is 5.97 Å². The fourth-order valence-electron chi connectivity index (χ4n) is 3.46. The third-order valence-electron chi connectivity index (χ3n) is 5.46. The van der Waals surface area contributed by atoms with E-state index in [1.165, 1.54) is 51.4 Å². The predicted molar refractivity (Wildman–Crippen MR) is 135 cm³/mol. The molecular formula is C29H40O4. The third kappa shape index (κ3) is 11.6. The molecule has 0 fully saturated rings. The molecule has 0 saturated heterocycles. The summed E-state index contributed by atoms with van der Waals surface area (Å²) >= 11 is 0. The minimum absolute atomic E-state index is 0.384. The number of allylic oxidation sites excluding steroid dienone is 1. The van der Waals surface area contributed by atoms with Gasteiger partial charge < -0.3 is 14.2 Å². The summed E-state index contributed by atoms with van der Waals surface area (Å²) in [6.45, 7) is 7.37. The van der Waals surface area contributed by atoms with Crippen LogP contribution in [0.3, 0.4) is 0 Å². The van der Waals surface area contributed by atoms with Gasteiger partial charge in [-0.15, -0.1) is 6.58 Å². The van der Waals surface area contributed by atoms with E-state index in [2.05, 4.69) is 13.5 Å². The van der Waals surface area contributed by atoms with Crippen LogP contribution in [0, 0.1) is 0 Å². The highest BCUT2D eigenvalue weighted by Crippen LogP contribution is 2.20. The highest BCUT2D eigenvalue weighted by molar-refractivity contribution is 5.91. The van der Waals surface area contributed by atoms with Crippen molar-refractivity contribution < 1.29 is 19.0 Å². The van der Waals surface area contributed by atoms with Gasteiger partial charge in [0.05, 0.1) is 18.8 Å². The van der Waals surface area contributed by atoms with Gasteiger partial charge in [-0.3, -0.25) is 0 Å². The largest absolute Gasteiger partial charge is 0.494 e. The van der Waals surface area contributed by atoms with Crippen molar-refractivity contribution in [3.8, 4) is 17.2 Å². The zero-order chi connectivity index (χ0) is 23.6. The van der Waals surface area contributed by atoms with Crippen LogP contribution in [-0.2, 0) is 0 Å². The van der Waals surface area contributed by atoms with Gasteiger partial charge in [-0.2, -0.15) is 0 Å². The van der Waals surface area contributed by atoms with Gasteiger partial charge in [0.2, 0.25) is 0 Å². The molecule has 180 valence electrons. The topological polar surface area (TPSA) is 44.8 Å². The van der Waals surface area contributed by atoms with E-state index in [0.29, 0.717) is 24.5 Å². The van der Waals surface area contributed by atoms with E-state index in [1.807, 2.05) is 30.3 Å². The van der Waals surface area contributed by atoms with Crippen molar-refractivity contribution in [3.63, 3.8) is 0 Å². The molecule has 2 aromatic rings. The Morgan fingerprint density at radius 1 is 0.697 bits per heavy atom. The molecule has 4 nitrogen and oxygen atoms in total. The van der Waals surface area contributed by atoms with E-state index < -0.39 is 0 Å². The number of carbonyl (C=O) groups excluding carboxylic acids is 1. The van der Waals surface area contributed by atoms with Crippen LogP contribution >= 0.6 is 0 Å². The molecule has 0 aromatic heterocycles. The summed E-state index contributed by atoms with van der Waals surface area (Å²) in [6.07, 6.45) is 15.0. The van der Waals surface area contributed by atoms with Gasteiger partial charge in [-0.1, -0.05) is 57.9 Å². The quantitative estimate of drug-likeness (QED) is 0.0990. The lowest BCUT2D eigenvalue weighted by Gasteiger charge is -2.09. The van der Waals surface area contributed by atoms with Gasteiger partial charge in [-0.25, -0.2) is 4.79 Å². The van der Waals surface area contributed by atoms with Gasteiger partial charge in [0, 0.05) is 0 Å². The van der Waals surface area contributed by atoms with Crippen molar-refractivity contribution in [1.82, 2.24) is 0 Å². The highest BCUT2D eigenvalue weighted by atomic mass is 16.5. The van der Waals surface area contributed by atoms with Gasteiger partial charge in [0.25, 0.3) is 0 Å². The van der Waals surface area contributed by atoms with Crippen molar-refractivity contribution in [2.75, 3.05) is 13.2 Å². The number of ether oxygens (including phenoxy) is 3. The number of unbranched alkanes of at least 4 members (excludes halogenated alkanes) is 9. The van der Waals surface area contributed by atoms with Crippen molar-refractivity contribution in [2.45, 2.75) is 77.6 Å². The Morgan fingerprint density at radius 3 is 1.76 bits per heavy atom. The molecule has 0 radical (unpaired) electrons. The monoisotopic (exact) mass is 452 g/mol. The van der Waals surface area contributed by atoms with Crippen LogP contribution in [0.5, 0.6) is 17.2 Å². The van der Waals surface area contributed by atoms with E-state index in [1.54, 1.807) is 24.3 Å². The van der Waals surface area contributed by atoms with Gasteiger partial charge in [0.15, 0.2) is 0 Å². The Morgan fingerprint density at radius 2 is 1.18 bits per heavy atom. The first-order chi connectivity index (χ1) is 16.2. The predicted octanol–water partition coefficient (Wildman–Crippen LogP) is 8.16. The standard InChI is InChI=1S/C29H40O4/c1-3-5-7-9-10-12-14-24-31-26-17-15-25(16-18-26)29(30)33-28-21-19-27(20-22-28)32-23-13-11-8-6-4-2/h3,15-22H,1,4-14,23-24H2,2H3. The minimum Gasteiger partial charge on any atom is -0.494 e. The van der Waals surface area contributed by atoms with E-state index in [-0.39, 0.29) is 5.97 Å². The molecule has 0 aliphatic rings. The Balaban J connectivity index is 1.65. The summed E-state index contributed by atoms with van der Waals surface area (Å²) in [6, 6.07) is 14.3. The van der Waals surface area contributed by atoms with Crippen LogP contribution in [-0.4, -0.2) is 19.2 Å². The zero-order valence-corrected chi connectivity index (χ0v) is 20.2. The number of carbonyl (C=O) groups is 1. The molecular weight excluding hydrogens is 412 g/mol. The number of esters is 1. The number of rotatable bonds is 18. The summed E-state index contributed by atoms with van der Waals surface area (Å²) in [5, 5.41) is 0. The van der Waals surface area contributed by atoms with Crippen molar-refractivity contribution in [2.24, 2.45) is 0 Å². The Hall–Kier alpha value is -2.75. The maximum atomic E-state index is 12.4. The second-order valence-electron chi connectivity index (χ2n) is 8.34. The first kappa shape index (κ1) is 26.5. The first-order valence-electron chi connectivity index (χ1n) is 12.5. The van der Waals surface area contributed by atoms with Crippen molar-refractivity contribution in [3.05, 3.63) is 66.7 Å². The van der Waals surface area contributed by atoms with E-state index >= 15 is 0 Å². The normalized spacial score (nSPS) is 10.6. The highest BCUT2D eigenvalue weighted by Gasteiger charge is 2.09. The molecule has 0 saturated carbocycles. The lowest BCUT2D eigenvalue weighted by atomic mass is 10.1. The summed E-state index contributed by atoms with van der Waals surface area (Å²) in [4.78, 5) is 12.4. The fraction of sp³-hybridized carbons (Fsp3) is 0.483. The van der Waals surface area contributed by atoms with Crippen LogP contribution in [0.4, 0.5) is 0 Å². The lowest BCUT2D eigenvalue weighted by molar-refractivity contribution is 0.0734. The van der Waals surface area contributed by atoms with E-state index in [0.717, 1.165) is 30.8 Å². The van der Waals surface area contributed by atoms with Crippen molar-refractivity contribution >= 4 is 5.97 Å². The summed E-state index contributed by atoms with van der Waals surface area (Å²) in [7, 11) is 0. The number of hydrogen-bond acceptors (Lipinski definition) is 4.